The van der Waals surface area contributed by atoms with Crippen LogP contribution in [0.2, 0.25) is 0 Å². The van der Waals surface area contributed by atoms with Crippen LogP contribution in [0.5, 0.6) is 0 Å². The molecular formula is C34H48N2O5S. The number of rotatable bonds is 14. The van der Waals surface area contributed by atoms with Crippen molar-refractivity contribution in [3.63, 3.8) is 0 Å². The average molecular weight is 597 g/mol. The zero-order valence-electron chi connectivity index (χ0n) is 25.9. The second-order valence-corrected chi connectivity index (χ2v) is 14.8. The van der Waals surface area contributed by atoms with E-state index in [1.54, 1.807) is 27.6 Å². The van der Waals surface area contributed by atoms with Crippen LogP contribution in [0.25, 0.3) is 0 Å². The van der Waals surface area contributed by atoms with Crippen molar-refractivity contribution in [2.24, 2.45) is 17.8 Å². The Bertz CT molecular complexity index is 1200. The summed E-state index contributed by atoms with van der Waals surface area (Å²) in [6.45, 7) is 18.1. The summed E-state index contributed by atoms with van der Waals surface area (Å²) in [4.78, 5) is 46.7. The van der Waals surface area contributed by atoms with E-state index >= 15 is 0 Å². The molecule has 3 saturated heterocycles. The molecule has 230 valence electrons. The Labute approximate surface area is 255 Å². The van der Waals surface area contributed by atoms with Crippen LogP contribution < -0.4 is 4.90 Å². The van der Waals surface area contributed by atoms with Gasteiger partial charge in [0, 0.05) is 17.0 Å². The van der Waals surface area contributed by atoms with Crippen LogP contribution in [0.3, 0.4) is 0 Å². The largest absolute Gasteiger partial charge is 0.465 e. The molecule has 0 aliphatic carbocycles. The molecule has 3 aliphatic heterocycles. The monoisotopic (exact) mass is 596 g/mol. The number of anilines is 1. The molecule has 3 aliphatic rings. The highest BCUT2D eigenvalue weighted by molar-refractivity contribution is 8.02. The number of aliphatic hydroxyl groups is 1. The third kappa shape index (κ3) is 5.57. The molecule has 1 spiro atoms. The van der Waals surface area contributed by atoms with Crippen molar-refractivity contribution >= 4 is 35.2 Å². The second kappa shape index (κ2) is 13.0. The van der Waals surface area contributed by atoms with Crippen LogP contribution in [0.15, 0.2) is 43.5 Å². The molecule has 0 aromatic heterocycles. The van der Waals surface area contributed by atoms with Crippen LogP contribution in [-0.2, 0) is 19.1 Å². The number of thioether (sulfide) groups is 1. The Morgan fingerprint density at radius 3 is 2.48 bits per heavy atom. The molecule has 7 nitrogen and oxygen atoms in total. The smallest absolute Gasteiger partial charge is 0.311 e. The van der Waals surface area contributed by atoms with Crippen molar-refractivity contribution < 1.29 is 24.2 Å². The number of allylic oxidation sites excluding steroid dienone is 1. The van der Waals surface area contributed by atoms with Gasteiger partial charge in [-0.25, -0.2) is 0 Å². The van der Waals surface area contributed by atoms with Crippen LogP contribution in [0.1, 0.15) is 70.4 Å². The third-order valence-electron chi connectivity index (χ3n) is 9.38. The van der Waals surface area contributed by atoms with E-state index in [1.807, 2.05) is 52.0 Å². The highest BCUT2D eigenvalue weighted by Crippen LogP contribution is 2.72. The van der Waals surface area contributed by atoms with Gasteiger partial charge in [-0.05, 0) is 76.3 Å². The summed E-state index contributed by atoms with van der Waals surface area (Å²) in [6.07, 6.45) is 7.96. The number of unbranched alkanes of at least 4 members (excludes halogenated alkanes) is 2. The molecular weight excluding hydrogens is 548 g/mol. The van der Waals surface area contributed by atoms with E-state index in [1.165, 1.54) is 0 Å². The summed E-state index contributed by atoms with van der Waals surface area (Å²) in [5, 5.41) is 10.6. The number of likely N-dealkylation sites (tertiary alicyclic amines) is 1. The zero-order chi connectivity index (χ0) is 30.8. The van der Waals surface area contributed by atoms with Gasteiger partial charge in [0.25, 0.3) is 5.91 Å². The van der Waals surface area contributed by atoms with Gasteiger partial charge in [0.15, 0.2) is 0 Å². The number of amides is 2. The van der Waals surface area contributed by atoms with Gasteiger partial charge in [-0.1, -0.05) is 44.2 Å². The molecule has 6 atom stereocenters. The Kier molecular flexibility index (Phi) is 9.98. The minimum Gasteiger partial charge on any atom is -0.465 e. The summed E-state index contributed by atoms with van der Waals surface area (Å²) in [7, 11) is 0. The highest BCUT2D eigenvalue weighted by atomic mass is 32.2. The van der Waals surface area contributed by atoms with Crippen molar-refractivity contribution in [3.05, 3.63) is 54.6 Å². The predicted molar refractivity (Wildman–Crippen MR) is 169 cm³/mol. The Balaban J connectivity index is 1.79. The number of hydrogen-bond acceptors (Lipinski definition) is 6. The van der Waals surface area contributed by atoms with E-state index in [9.17, 15) is 19.5 Å². The first-order valence-electron chi connectivity index (χ1n) is 15.4. The summed E-state index contributed by atoms with van der Waals surface area (Å²) in [6, 6.07) is 4.59. The number of nitrogens with zero attached hydrogens (tertiary/aromatic N) is 2. The highest BCUT2D eigenvalue weighted by Gasteiger charge is 2.78. The Hall–Kier alpha value is -2.58. The lowest BCUT2D eigenvalue weighted by Crippen LogP contribution is -2.58. The van der Waals surface area contributed by atoms with Crippen molar-refractivity contribution in [1.29, 1.82) is 0 Å². The molecule has 1 aromatic carbocycles. The number of aryl methyl sites for hydroxylation is 2. The quantitative estimate of drug-likeness (QED) is 0.171. The number of para-hydroxylation sites is 1. The van der Waals surface area contributed by atoms with E-state index < -0.39 is 33.4 Å². The van der Waals surface area contributed by atoms with Gasteiger partial charge in [-0.3, -0.25) is 14.4 Å². The first kappa shape index (κ1) is 32.3. The number of ether oxygens (including phenoxy) is 1. The molecule has 3 fully saturated rings. The van der Waals surface area contributed by atoms with Crippen LogP contribution in [0.4, 0.5) is 5.69 Å². The van der Waals surface area contributed by atoms with Crippen molar-refractivity contribution in [2.75, 3.05) is 24.7 Å². The van der Waals surface area contributed by atoms with Crippen LogP contribution in [0, 0.1) is 31.6 Å². The maximum Gasteiger partial charge on any atom is 0.311 e. The molecule has 0 radical (unpaired) electrons. The molecule has 1 aromatic rings. The lowest BCUT2D eigenvalue weighted by Gasteiger charge is -2.40. The molecule has 42 heavy (non-hydrogen) atoms. The lowest BCUT2D eigenvalue weighted by molar-refractivity contribution is -0.156. The fourth-order valence-corrected chi connectivity index (χ4v) is 9.99. The minimum atomic E-state index is -0.818. The molecule has 0 saturated carbocycles. The SMILES string of the molecule is C=CCCCCOC(=O)[C@H]1[C@H]2C(=O)N([C@@H](CO)CC(C)C)C(C(=O)N(CC=C)c3c(C)cccc3C)C23CC[C@]1(C)S3. The Morgan fingerprint density at radius 1 is 1.19 bits per heavy atom. The number of carbonyl (C=O) groups excluding carboxylic acids is 3. The van der Waals surface area contributed by atoms with E-state index in [0.717, 1.165) is 36.1 Å². The predicted octanol–water partition coefficient (Wildman–Crippen LogP) is 5.61. The van der Waals surface area contributed by atoms with Gasteiger partial charge in [0.2, 0.25) is 5.91 Å². The summed E-state index contributed by atoms with van der Waals surface area (Å²) in [5.74, 6) is -1.86. The normalized spacial score (nSPS) is 28.6. The topological polar surface area (TPSA) is 87.1 Å². The number of hydrogen-bond donors (Lipinski definition) is 1. The number of benzene rings is 1. The van der Waals surface area contributed by atoms with Gasteiger partial charge < -0.3 is 19.6 Å². The van der Waals surface area contributed by atoms with Gasteiger partial charge in [0.05, 0.1) is 35.8 Å². The number of fused-ring (bicyclic) bond motifs is 1. The third-order valence-corrected chi connectivity index (χ3v) is 11.4. The molecule has 8 heteroatoms. The van der Waals surface area contributed by atoms with E-state index in [2.05, 4.69) is 20.1 Å². The van der Waals surface area contributed by atoms with Gasteiger partial charge >= 0.3 is 5.97 Å². The van der Waals surface area contributed by atoms with Crippen LogP contribution in [-0.4, -0.2) is 69.1 Å². The summed E-state index contributed by atoms with van der Waals surface area (Å²) in [5.41, 5.74) is 2.74. The minimum absolute atomic E-state index is 0.180. The van der Waals surface area contributed by atoms with E-state index in [0.29, 0.717) is 25.9 Å². The number of esters is 1. The fraction of sp³-hybridized carbons (Fsp3) is 0.618. The maximum atomic E-state index is 14.9. The maximum absolute atomic E-state index is 14.9. The average Bonchev–Trinajstić information content (AvgIpc) is 3.51. The zero-order valence-corrected chi connectivity index (χ0v) is 26.8. The first-order chi connectivity index (χ1) is 20.0. The van der Waals surface area contributed by atoms with Crippen molar-refractivity contribution in [1.82, 2.24) is 4.90 Å². The van der Waals surface area contributed by atoms with Crippen molar-refractivity contribution in [3.8, 4) is 0 Å². The summed E-state index contributed by atoms with van der Waals surface area (Å²) >= 11 is 1.63. The van der Waals surface area contributed by atoms with Crippen molar-refractivity contribution in [2.45, 2.75) is 94.7 Å². The van der Waals surface area contributed by atoms with Crippen LogP contribution >= 0.6 is 11.8 Å². The van der Waals surface area contributed by atoms with E-state index in [4.69, 9.17) is 4.74 Å². The summed E-state index contributed by atoms with van der Waals surface area (Å²) < 4.78 is 4.51. The molecule has 4 rings (SSSR count). The van der Waals surface area contributed by atoms with Gasteiger partial charge in [-0.2, -0.15) is 0 Å². The fourth-order valence-electron chi connectivity index (χ4n) is 7.67. The number of aliphatic hydroxyl groups excluding tert-OH is 1. The van der Waals surface area contributed by atoms with E-state index in [-0.39, 0.29) is 36.9 Å². The molecule has 2 unspecified atom stereocenters. The standard InChI is InChI=1S/C34H48N2O5S/c1-8-10-11-12-19-41-32(40)27-26-30(38)36(25(21-37)20-22(3)4)29(34(26)17-16-33(27,7)42-34)31(39)35(18-9-2)28-23(5)14-13-15-24(28)6/h8-9,13-15,22,25-27,29,37H,1-2,10-12,16-21H2,3-7H3/t25-,26+,27-,29?,33+,34?/m1/s1. The van der Waals surface area contributed by atoms with Gasteiger partial charge in [-0.15, -0.1) is 24.9 Å². The molecule has 3 heterocycles. The number of carbonyl (C=O) groups is 3. The molecule has 2 bridgehead atoms. The molecule has 2 amide bonds. The Morgan fingerprint density at radius 2 is 1.88 bits per heavy atom. The first-order valence-corrected chi connectivity index (χ1v) is 16.2. The second-order valence-electron chi connectivity index (χ2n) is 12.9. The lowest BCUT2D eigenvalue weighted by atomic mass is 9.66. The molecule has 1 N–H and O–H groups in total. The van der Waals surface area contributed by atoms with Gasteiger partial charge in [0.1, 0.15) is 6.04 Å².